The molecular formula is C25H30N2O5S2. The summed E-state index contributed by atoms with van der Waals surface area (Å²) in [6, 6.07) is 10.3. The molecule has 1 aromatic carbocycles. The number of hydrogen-bond acceptors (Lipinski definition) is 8. The van der Waals surface area contributed by atoms with Crippen molar-refractivity contribution in [3.8, 4) is 6.07 Å². The van der Waals surface area contributed by atoms with Crippen LogP contribution in [0.1, 0.15) is 64.9 Å². The Hall–Kier alpha value is -1.96. The molecule has 34 heavy (non-hydrogen) atoms. The van der Waals surface area contributed by atoms with Crippen LogP contribution < -0.4 is 0 Å². The maximum atomic E-state index is 11.1. The Morgan fingerprint density at radius 3 is 2.56 bits per heavy atom. The predicted molar refractivity (Wildman–Crippen MR) is 130 cm³/mol. The Morgan fingerprint density at radius 1 is 1.29 bits per heavy atom. The Labute approximate surface area is 207 Å². The van der Waals surface area contributed by atoms with Gasteiger partial charge in [0, 0.05) is 17.8 Å². The van der Waals surface area contributed by atoms with Gasteiger partial charge in [0.1, 0.15) is 4.88 Å². The summed E-state index contributed by atoms with van der Waals surface area (Å²) < 4.78 is 0.700. The standard InChI is InChI=1S/C25H30N2O5S2/c26-11-17-10-18(13-28)21(19(17)6-9-33-24-27-12-20(34-24)23(31)32)15-2-4-16(5-3-15)22(30)25(14-29)7-1-8-25/h2-5,12,17-19,21-22,28-30H,1,6-10,13-14H2,(H,31,32)/t17-,18-,19?,21?,22?/m0/s1. The molecule has 2 aromatic rings. The smallest absolute Gasteiger partial charge is 0.347 e. The SMILES string of the molecule is N#C[C@@H]1C[C@@H](CO)C(c2ccc(C(O)C3(CO)CCC3)cc2)C1CCSc1ncc(C(=O)O)s1. The van der Waals surface area contributed by atoms with E-state index in [0.29, 0.717) is 16.5 Å². The monoisotopic (exact) mass is 502 g/mol. The van der Waals surface area contributed by atoms with Gasteiger partial charge >= 0.3 is 5.97 Å². The van der Waals surface area contributed by atoms with Gasteiger partial charge < -0.3 is 20.4 Å². The molecular weight excluding hydrogens is 472 g/mol. The van der Waals surface area contributed by atoms with E-state index in [1.807, 2.05) is 24.3 Å². The third kappa shape index (κ3) is 4.88. The van der Waals surface area contributed by atoms with Crippen LogP contribution in [0.5, 0.6) is 0 Å². The highest BCUT2D eigenvalue weighted by Crippen LogP contribution is 2.52. The van der Waals surface area contributed by atoms with E-state index in [-0.39, 0.29) is 41.8 Å². The van der Waals surface area contributed by atoms with Crippen LogP contribution in [0.2, 0.25) is 0 Å². The first-order valence-electron chi connectivity index (χ1n) is 11.6. The number of carboxylic acid groups (broad SMARTS) is 1. The minimum atomic E-state index is -0.980. The Kier molecular flexibility index (Phi) is 7.95. The van der Waals surface area contributed by atoms with E-state index in [2.05, 4.69) is 11.1 Å². The van der Waals surface area contributed by atoms with Gasteiger partial charge in [-0.3, -0.25) is 0 Å². The summed E-state index contributed by atoms with van der Waals surface area (Å²) in [5.74, 6) is -0.343. The van der Waals surface area contributed by atoms with Gasteiger partial charge in [-0.2, -0.15) is 5.26 Å². The molecule has 2 saturated carbocycles. The summed E-state index contributed by atoms with van der Waals surface area (Å²) in [4.78, 5) is 15.5. The summed E-state index contributed by atoms with van der Waals surface area (Å²) in [5.41, 5.74) is 1.40. The van der Waals surface area contributed by atoms with Crippen LogP contribution in [0.3, 0.4) is 0 Å². The average Bonchev–Trinajstić information content (AvgIpc) is 3.43. The molecule has 1 heterocycles. The fourth-order valence-electron chi connectivity index (χ4n) is 5.59. The van der Waals surface area contributed by atoms with Gasteiger partial charge in [-0.05, 0) is 54.6 Å². The Morgan fingerprint density at radius 2 is 2.03 bits per heavy atom. The van der Waals surface area contributed by atoms with Gasteiger partial charge in [-0.25, -0.2) is 9.78 Å². The van der Waals surface area contributed by atoms with Crippen LogP contribution >= 0.6 is 23.1 Å². The van der Waals surface area contributed by atoms with Crippen LogP contribution in [0.4, 0.5) is 0 Å². The zero-order chi connectivity index (χ0) is 24.3. The second-order valence-electron chi connectivity index (χ2n) is 9.48. The van der Waals surface area contributed by atoms with Gasteiger partial charge in [0.05, 0.1) is 30.9 Å². The minimum Gasteiger partial charge on any atom is -0.477 e. The lowest BCUT2D eigenvalue weighted by Gasteiger charge is -2.44. The van der Waals surface area contributed by atoms with Crippen molar-refractivity contribution < 1.29 is 25.2 Å². The van der Waals surface area contributed by atoms with E-state index in [1.54, 1.807) is 0 Å². The highest BCUT2D eigenvalue weighted by atomic mass is 32.2. The van der Waals surface area contributed by atoms with E-state index < -0.39 is 17.5 Å². The first-order chi connectivity index (χ1) is 16.4. The molecule has 0 amide bonds. The summed E-state index contributed by atoms with van der Waals surface area (Å²) in [5, 5.41) is 49.6. The van der Waals surface area contributed by atoms with E-state index >= 15 is 0 Å². The van der Waals surface area contributed by atoms with E-state index in [0.717, 1.165) is 48.1 Å². The van der Waals surface area contributed by atoms with E-state index in [4.69, 9.17) is 5.11 Å². The predicted octanol–water partition coefficient (Wildman–Crippen LogP) is 4.07. The molecule has 3 unspecified atom stereocenters. The molecule has 0 bridgehead atoms. The highest BCUT2D eigenvalue weighted by molar-refractivity contribution is 8.01. The second-order valence-corrected chi connectivity index (χ2v) is 11.9. The van der Waals surface area contributed by atoms with Crippen LogP contribution in [0.15, 0.2) is 34.8 Å². The number of rotatable bonds is 10. The summed E-state index contributed by atoms with van der Waals surface area (Å²) in [7, 11) is 0. The molecule has 0 radical (unpaired) electrons. The van der Waals surface area contributed by atoms with Gasteiger partial charge in [0.15, 0.2) is 4.34 Å². The van der Waals surface area contributed by atoms with Crippen LogP contribution in [-0.2, 0) is 0 Å². The molecule has 2 fully saturated rings. The first-order valence-corrected chi connectivity index (χ1v) is 13.4. The zero-order valence-electron chi connectivity index (χ0n) is 18.8. The number of aliphatic hydroxyl groups excluding tert-OH is 3. The minimum absolute atomic E-state index is 0.00989. The molecule has 7 nitrogen and oxygen atoms in total. The fourth-order valence-corrected chi connectivity index (χ4v) is 7.53. The molecule has 0 spiro atoms. The number of nitrogens with zero attached hydrogens (tertiary/aromatic N) is 2. The maximum absolute atomic E-state index is 11.1. The van der Waals surface area contributed by atoms with Crippen molar-refractivity contribution in [2.75, 3.05) is 19.0 Å². The second kappa shape index (κ2) is 10.8. The maximum Gasteiger partial charge on any atom is 0.347 e. The van der Waals surface area contributed by atoms with Crippen molar-refractivity contribution in [1.82, 2.24) is 4.98 Å². The van der Waals surface area contributed by atoms with Crippen LogP contribution in [-0.4, -0.2) is 50.3 Å². The van der Waals surface area contributed by atoms with Crippen molar-refractivity contribution in [3.63, 3.8) is 0 Å². The summed E-state index contributed by atoms with van der Waals surface area (Å²) >= 11 is 2.65. The summed E-state index contributed by atoms with van der Waals surface area (Å²) in [6.07, 6.45) is 4.72. The van der Waals surface area contributed by atoms with Gasteiger partial charge in [0.25, 0.3) is 0 Å². The number of thiazole rings is 1. The number of hydrogen-bond donors (Lipinski definition) is 4. The molecule has 182 valence electrons. The molecule has 0 saturated heterocycles. The number of thioether (sulfide) groups is 1. The Bertz CT molecular complexity index is 1030. The average molecular weight is 503 g/mol. The van der Waals surface area contributed by atoms with E-state index in [1.165, 1.54) is 18.0 Å². The van der Waals surface area contributed by atoms with Crippen molar-refractivity contribution in [1.29, 1.82) is 5.26 Å². The molecule has 1 aromatic heterocycles. The lowest BCUT2D eigenvalue weighted by molar-refractivity contribution is -0.0735. The van der Waals surface area contributed by atoms with E-state index in [9.17, 15) is 25.4 Å². The third-order valence-corrected chi connectivity index (χ3v) is 9.87. The topological polar surface area (TPSA) is 135 Å². The summed E-state index contributed by atoms with van der Waals surface area (Å²) in [6.45, 7) is -0.0132. The molecule has 2 aliphatic carbocycles. The number of aromatic carboxylic acids is 1. The Balaban J connectivity index is 1.48. The number of aliphatic hydroxyl groups is 3. The lowest BCUT2D eigenvalue weighted by atomic mass is 9.64. The molecule has 9 heteroatoms. The number of nitriles is 1. The van der Waals surface area contributed by atoms with Gasteiger partial charge in [-0.15, -0.1) is 11.3 Å². The zero-order valence-corrected chi connectivity index (χ0v) is 20.5. The molecule has 5 atom stereocenters. The number of aromatic nitrogens is 1. The quantitative estimate of drug-likeness (QED) is 0.357. The largest absolute Gasteiger partial charge is 0.477 e. The van der Waals surface area contributed by atoms with Crippen molar-refractivity contribution in [2.24, 2.45) is 23.2 Å². The van der Waals surface area contributed by atoms with Crippen molar-refractivity contribution >= 4 is 29.1 Å². The molecule has 4 N–H and O–H groups in total. The number of benzene rings is 1. The number of carboxylic acids is 1. The number of carbonyl (C=O) groups is 1. The molecule has 4 rings (SSSR count). The van der Waals surface area contributed by atoms with Crippen molar-refractivity contribution in [3.05, 3.63) is 46.5 Å². The molecule has 2 aliphatic rings. The lowest BCUT2D eigenvalue weighted by Crippen LogP contribution is -2.39. The normalized spacial score (nSPS) is 26.5. The van der Waals surface area contributed by atoms with Crippen LogP contribution in [0, 0.1) is 34.5 Å². The molecule has 0 aliphatic heterocycles. The van der Waals surface area contributed by atoms with Gasteiger partial charge in [-0.1, -0.05) is 42.4 Å². The first kappa shape index (κ1) is 25.1. The van der Waals surface area contributed by atoms with Crippen LogP contribution in [0.25, 0.3) is 0 Å². The fraction of sp³-hybridized carbons (Fsp3) is 0.560. The third-order valence-electron chi connectivity index (χ3n) is 7.70. The van der Waals surface area contributed by atoms with Gasteiger partial charge in [0.2, 0.25) is 0 Å². The highest BCUT2D eigenvalue weighted by Gasteiger charge is 2.45. The van der Waals surface area contributed by atoms with Crippen molar-refractivity contribution in [2.45, 2.75) is 48.5 Å².